The van der Waals surface area contributed by atoms with E-state index in [1.807, 2.05) is 24.3 Å². The number of rotatable bonds is 1. The summed E-state index contributed by atoms with van der Waals surface area (Å²) in [7, 11) is 0. The molecule has 0 radical (unpaired) electrons. The fourth-order valence-corrected chi connectivity index (χ4v) is 1.89. The Hall–Kier alpha value is -1.95. The zero-order valence-electron chi connectivity index (χ0n) is 8.71. The average molecular weight is 290 g/mol. The number of hydrogen-bond donors (Lipinski definition) is 1. The minimum atomic E-state index is 0.247. The first kappa shape index (κ1) is 10.2. The highest BCUT2D eigenvalue weighted by atomic mass is 79.9. The van der Waals surface area contributed by atoms with E-state index in [1.54, 1.807) is 16.8 Å². The molecule has 2 aromatic heterocycles. The Morgan fingerprint density at radius 2 is 1.88 bits per heavy atom. The molecule has 3 aromatic rings. The number of fused-ring (bicyclic) bond motifs is 1. The van der Waals surface area contributed by atoms with Gasteiger partial charge in [-0.15, -0.1) is 5.10 Å². The third-order valence-corrected chi connectivity index (χ3v) is 2.90. The summed E-state index contributed by atoms with van der Waals surface area (Å²) in [6.45, 7) is 0. The number of anilines is 1. The first-order valence-electron chi connectivity index (χ1n) is 4.97. The molecule has 17 heavy (non-hydrogen) atoms. The second-order valence-corrected chi connectivity index (χ2v) is 4.43. The molecule has 0 fully saturated rings. The first-order chi connectivity index (χ1) is 8.24. The summed E-state index contributed by atoms with van der Waals surface area (Å²) in [5.74, 6) is 0.968. The van der Waals surface area contributed by atoms with Crippen LogP contribution in [-0.4, -0.2) is 19.6 Å². The van der Waals surface area contributed by atoms with Crippen LogP contribution in [-0.2, 0) is 0 Å². The van der Waals surface area contributed by atoms with Crippen molar-refractivity contribution < 1.29 is 0 Å². The van der Waals surface area contributed by atoms with E-state index in [0.717, 1.165) is 15.9 Å². The molecule has 1 aromatic carbocycles. The van der Waals surface area contributed by atoms with Crippen LogP contribution in [0.2, 0.25) is 0 Å². The van der Waals surface area contributed by atoms with Gasteiger partial charge in [0.2, 0.25) is 5.95 Å². The highest BCUT2D eigenvalue weighted by molar-refractivity contribution is 9.10. The molecule has 2 N–H and O–H groups in total. The summed E-state index contributed by atoms with van der Waals surface area (Å²) >= 11 is 3.40. The molecule has 3 rings (SSSR count). The van der Waals surface area contributed by atoms with E-state index in [9.17, 15) is 0 Å². The first-order valence-corrected chi connectivity index (χ1v) is 5.76. The summed E-state index contributed by atoms with van der Waals surface area (Å²) in [4.78, 5) is 8.41. The largest absolute Gasteiger partial charge is 0.366 e. The van der Waals surface area contributed by atoms with E-state index in [0.29, 0.717) is 5.65 Å². The summed E-state index contributed by atoms with van der Waals surface area (Å²) in [6.07, 6.45) is 1.70. The highest BCUT2D eigenvalue weighted by Gasteiger charge is 2.07. The number of halogens is 1. The van der Waals surface area contributed by atoms with Crippen LogP contribution in [0.4, 0.5) is 5.95 Å². The molecule has 0 aliphatic rings. The number of nitrogen functional groups attached to an aromatic ring is 1. The molecule has 0 aliphatic carbocycles. The van der Waals surface area contributed by atoms with Crippen molar-refractivity contribution >= 4 is 27.5 Å². The summed E-state index contributed by atoms with van der Waals surface area (Å²) in [5.41, 5.74) is 7.24. The van der Waals surface area contributed by atoms with E-state index in [-0.39, 0.29) is 5.95 Å². The van der Waals surface area contributed by atoms with Crippen molar-refractivity contribution in [3.05, 3.63) is 41.0 Å². The van der Waals surface area contributed by atoms with Crippen LogP contribution in [0.5, 0.6) is 0 Å². The van der Waals surface area contributed by atoms with Crippen molar-refractivity contribution in [3.63, 3.8) is 0 Å². The minimum Gasteiger partial charge on any atom is -0.366 e. The molecule has 0 saturated carbocycles. The van der Waals surface area contributed by atoms with Crippen LogP contribution in [0, 0.1) is 0 Å². The molecule has 0 aliphatic heterocycles. The monoisotopic (exact) mass is 289 g/mol. The summed E-state index contributed by atoms with van der Waals surface area (Å²) in [5, 5.41) is 4.12. The lowest BCUT2D eigenvalue weighted by molar-refractivity contribution is 0.939. The Kier molecular flexibility index (Phi) is 2.29. The highest BCUT2D eigenvalue weighted by Crippen LogP contribution is 2.20. The molecule has 0 saturated heterocycles. The van der Waals surface area contributed by atoms with Gasteiger partial charge < -0.3 is 5.73 Å². The lowest BCUT2D eigenvalue weighted by Crippen LogP contribution is -1.97. The predicted octanol–water partition coefficient (Wildman–Crippen LogP) is 2.14. The van der Waals surface area contributed by atoms with Crippen LogP contribution in [0.15, 0.2) is 41.0 Å². The van der Waals surface area contributed by atoms with E-state index in [1.165, 1.54) is 0 Å². The number of nitrogens with two attached hydrogens (primary N) is 1. The Morgan fingerprint density at radius 1 is 1.12 bits per heavy atom. The Balaban J connectivity index is 2.26. The molecule has 0 spiro atoms. The van der Waals surface area contributed by atoms with Crippen LogP contribution in [0.1, 0.15) is 0 Å². The quantitative estimate of drug-likeness (QED) is 0.745. The average Bonchev–Trinajstić information content (AvgIpc) is 2.70. The third kappa shape index (κ3) is 1.76. The predicted molar refractivity (Wildman–Crippen MR) is 68.3 cm³/mol. The maximum absolute atomic E-state index is 5.58. The van der Waals surface area contributed by atoms with Crippen LogP contribution < -0.4 is 5.73 Å². The van der Waals surface area contributed by atoms with Gasteiger partial charge in [0.05, 0.1) is 0 Å². The molecule has 84 valence electrons. The number of nitrogens with zero attached hydrogens (tertiary/aromatic N) is 4. The van der Waals surface area contributed by atoms with E-state index >= 15 is 0 Å². The van der Waals surface area contributed by atoms with Gasteiger partial charge in [-0.1, -0.05) is 28.1 Å². The lowest BCUT2D eigenvalue weighted by atomic mass is 10.2. The summed E-state index contributed by atoms with van der Waals surface area (Å²) in [6, 6.07) is 9.60. The molecule has 0 unspecified atom stereocenters. The number of benzene rings is 1. The molecule has 6 heteroatoms. The Labute approximate surface area is 105 Å². The van der Waals surface area contributed by atoms with Crippen molar-refractivity contribution in [2.24, 2.45) is 0 Å². The van der Waals surface area contributed by atoms with Gasteiger partial charge in [0.25, 0.3) is 0 Å². The molecule has 0 amide bonds. The van der Waals surface area contributed by atoms with Gasteiger partial charge in [-0.05, 0) is 12.1 Å². The second kappa shape index (κ2) is 3.81. The van der Waals surface area contributed by atoms with Crippen LogP contribution in [0.25, 0.3) is 17.0 Å². The fourth-order valence-electron chi connectivity index (χ4n) is 1.63. The SMILES string of the molecule is Nc1nc2ccnc(-c3ccc(Br)cc3)n2n1. The van der Waals surface area contributed by atoms with Gasteiger partial charge in [-0.2, -0.15) is 9.50 Å². The number of hydrogen-bond acceptors (Lipinski definition) is 4. The fraction of sp³-hybridized carbons (Fsp3) is 0. The molecular formula is C11H8BrN5. The van der Waals surface area contributed by atoms with Gasteiger partial charge >= 0.3 is 0 Å². The van der Waals surface area contributed by atoms with Crippen molar-refractivity contribution in [2.45, 2.75) is 0 Å². The zero-order chi connectivity index (χ0) is 11.8. The second-order valence-electron chi connectivity index (χ2n) is 3.52. The van der Waals surface area contributed by atoms with Crippen molar-refractivity contribution in [2.75, 3.05) is 5.73 Å². The van der Waals surface area contributed by atoms with Gasteiger partial charge in [0.1, 0.15) is 0 Å². The van der Waals surface area contributed by atoms with Crippen molar-refractivity contribution in [1.29, 1.82) is 0 Å². The summed E-state index contributed by atoms with van der Waals surface area (Å²) < 4.78 is 2.66. The maximum atomic E-state index is 5.58. The normalized spacial score (nSPS) is 10.9. The number of aromatic nitrogens is 4. The van der Waals surface area contributed by atoms with Gasteiger partial charge in [0.15, 0.2) is 11.5 Å². The molecule has 0 bridgehead atoms. The topological polar surface area (TPSA) is 69.1 Å². The van der Waals surface area contributed by atoms with E-state index in [2.05, 4.69) is 31.0 Å². The lowest BCUT2D eigenvalue weighted by Gasteiger charge is -2.02. The maximum Gasteiger partial charge on any atom is 0.240 e. The Morgan fingerprint density at radius 3 is 2.65 bits per heavy atom. The van der Waals surface area contributed by atoms with Gasteiger partial charge in [0, 0.05) is 22.3 Å². The standard InChI is InChI=1S/C11H8BrN5/c12-8-3-1-7(2-4-8)10-14-6-5-9-15-11(13)16-17(9)10/h1-6H,(H2,13,16). The van der Waals surface area contributed by atoms with Gasteiger partial charge in [-0.25, -0.2) is 4.98 Å². The Bertz CT molecular complexity index is 674. The van der Waals surface area contributed by atoms with Crippen LogP contribution in [0.3, 0.4) is 0 Å². The van der Waals surface area contributed by atoms with E-state index in [4.69, 9.17) is 5.73 Å². The van der Waals surface area contributed by atoms with Gasteiger partial charge in [-0.3, -0.25) is 0 Å². The third-order valence-electron chi connectivity index (χ3n) is 2.37. The van der Waals surface area contributed by atoms with Crippen molar-refractivity contribution in [3.8, 4) is 11.4 Å². The van der Waals surface area contributed by atoms with Crippen LogP contribution >= 0.6 is 15.9 Å². The smallest absolute Gasteiger partial charge is 0.240 e. The molecule has 5 nitrogen and oxygen atoms in total. The van der Waals surface area contributed by atoms with Crippen molar-refractivity contribution in [1.82, 2.24) is 19.6 Å². The van der Waals surface area contributed by atoms with E-state index < -0.39 is 0 Å². The zero-order valence-corrected chi connectivity index (χ0v) is 10.3. The molecular weight excluding hydrogens is 282 g/mol. The minimum absolute atomic E-state index is 0.247. The molecule has 2 heterocycles. The molecule has 0 atom stereocenters.